The number of hydrogen-bond donors (Lipinski definition) is 0. The van der Waals surface area contributed by atoms with E-state index in [-0.39, 0.29) is 0 Å². The van der Waals surface area contributed by atoms with Gasteiger partial charge in [0.2, 0.25) is 0 Å². The Labute approximate surface area is 186 Å². The molecule has 0 aromatic heterocycles. The zero-order chi connectivity index (χ0) is 21.7. The van der Waals surface area contributed by atoms with Gasteiger partial charge in [0, 0.05) is 12.8 Å². The third-order valence-electron chi connectivity index (χ3n) is 11.1. The third-order valence-corrected chi connectivity index (χ3v) is 11.1. The Morgan fingerprint density at radius 3 is 2.53 bits per heavy atom. The molecule has 0 aromatic carbocycles. The molecule has 0 radical (unpaired) electrons. The summed E-state index contributed by atoms with van der Waals surface area (Å²) in [5.74, 6) is 6.36. The quantitative estimate of drug-likeness (QED) is 0.401. The van der Waals surface area contributed by atoms with Crippen LogP contribution in [0.15, 0.2) is 11.6 Å². The first kappa shape index (κ1) is 22.6. The Balaban J connectivity index is 1.50. The van der Waals surface area contributed by atoms with E-state index < -0.39 is 0 Å². The highest BCUT2D eigenvalue weighted by molar-refractivity contribution is 5.80. The molecule has 8 atom stereocenters. The van der Waals surface area contributed by atoms with Gasteiger partial charge in [-0.25, -0.2) is 0 Å². The summed E-state index contributed by atoms with van der Waals surface area (Å²) in [5, 5.41) is 0. The van der Waals surface area contributed by atoms with E-state index in [4.69, 9.17) is 0 Å². The summed E-state index contributed by atoms with van der Waals surface area (Å²) in [6.45, 7) is 15.0. The number of ketones is 1. The molecule has 8 unspecified atom stereocenters. The van der Waals surface area contributed by atoms with Crippen LogP contribution < -0.4 is 0 Å². The molecule has 30 heavy (non-hydrogen) atoms. The van der Waals surface area contributed by atoms with Crippen molar-refractivity contribution in [3.63, 3.8) is 0 Å². The molecule has 3 saturated carbocycles. The molecule has 4 aliphatic rings. The maximum absolute atomic E-state index is 12.1. The lowest BCUT2D eigenvalue weighted by molar-refractivity contribution is -0.125. The number of carbonyl (C=O) groups excluding carboxylic acids is 1. The zero-order valence-corrected chi connectivity index (χ0v) is 20.8. The van der Waals surface area contributed by atoms with Crippen LogP contribution in [0.5, 0.6) is 0 Å². The molecule has 0 aliphatic heterocycles. The summed E-state index contributed by atoms with van der Waals surface area (Å²) >= 11 is 0. The first-order valence-electron chi connectivity index (χ1n) is 13.4. The molecule has 0 amide bonds. The summed E-state index contributed by atoms with van der Waals surface area (Å²) in [4.78, 5) is 12.1. The van der Waals surface area contributed by atoms with Crippen molar-refractivity contribution in [2.24, 2.45) is 52.3 Å². The van der Waals surface area contributed by atoms with Crippen LogP contribution in [0.25, 0.3) is 0 Å². The van der Waals surface area contributed by atoms with Gasteiger partial charge < -0.3 is 0 Å². The van der Waals surface area contributed by atoms with Crippen LogP contribution >= 0.6 is 0 Å². The molecule has 1 nitrogen and oxygen atoms in total. The Hall–Kier alpha value is -0.590. The van der Waals surface area contributed by atoms with Crippen molar-refractivity contribution in [1.82, 2.24) is 0 Å². The molecule has 1 heteroatoms. The van der Waals surface area contributed by atoms with Gasteiger partial charge in [-0.05, 0) is 97.2 Å². The Morgan fingerprint density at radius 1 is 1.07 bits per heavy atom. The number of hydrogen-bond acceptors (Lipinski definition) is 1. The maximum atomic E-state index is 12.1. The smallest absolute Gasteiger partial charge is 0.133 e. The second kappa shape index (κ2) is 8.40. The highest BCUT2D eigenvalue weighted by Gasteiger charge is 2.57. The van der Waals surface area contributed by atoms with Gasteiger partial charge in [-0.1, -0.05) is 66.0 Å². The summed E-state index contributed by atoms with van der Waals surface area (Å²) < 4.78 is 0. The number of fused-ring (bicyclic) bond motifs is 5. The van der Waals surface area contributed by atoms with Crippen LogP contribution in [-0.4, -0.2) is 5.78 Å². The largest absolute Gasteiger partial charge is 0.300 e. The Morgan fingerprint density at radius 2 is 1.83 bits per heavy atom. The molecule has 0 spiro atoms. The molecular weight excluding hydrogens is 364 g/mol. The Bertz CT molecular complexity index is 674. The molecule has 3 fully saturated rings. The van der Waals surface area contributed by atoms with E-state index in [0.29, 0.717) is 22.5 Å². The molecule has 0 bridgehead atoms. The van der Waals surface area contributed by atoms with E-state index in [1.54, 1.807) is 5.57 Å². The van der Waals surface area contributed by atoms with Crippen LogP contribution in [0.2, 0.25) is 0 Å². The lowest BCUT2D eigenvalue weighted by Gasteiger charge is -2.56. The molecule has 0 aromatic rings. The molecule has 0 saturated heterocycles. The van der Waals surface area contributed by atoms with Gasteiger partial charge in [-0.3, -0.25) is 4.79 Å². The lowest BCUT2D eigenvalue weighted by atomic mass is 9.48. The predicted octanol–water partition coefficient (Wildman–Crippen LogP) is 8.23. The minimum Gasteiger partial charge on any atom is -0.300 e. The monoisotopic (exact) mass is 412 g/mol. The standard InChI is InChI=1S/C29H48O/c1-7-21(19(2)3)9-8-20(4)25-12-13-26-24-11-10-22-18-23(30)14-16-28(22,5)27(24)15-17-29(25,26)6/h15,19-22,24-26H,7-14,16-18H2,1-6H3. The predicted molar refractivity (Wildman–Crippen MR) is 127 cm³/mol. The third kappa shape index (κ3) is 3.65. The van der Waals surface area contributed by atoms with Crippen LogP contribution in [0, 0.1) is 52.3 Å². The minimum atomic E-state index is 0.327. The van der Waals surface area contributed by atoms with Gasteiger partial charge in [-0.15, -0.1) is 0 Å². The highest BCUT2D eigenvalue weighted by Crippen LogP contribution is 2.66. The van der Waals surface area contributed by atoms with Gasteiger partial charge >= 0.3 is 0 Å². The molecule has 4 aliphatic carbocycles. The SMILES string of the molecule is CCC(CCC(C)C1CCC2C3CCC4CC(=O)CCC4(C)C3=CCC12C)C(C)C. The summed E-state index contributed by atoms with van der Waals surface area (Å²) in [6, 6.07) is 0. The number of rotatable bonds is 6. The normalized spacial score (nSPS) is 42.9. The van der Waals surface area contributed by atoms with Gasteiger partial charge in [0.1, 0.15) is 5.78 Å². The van der Waals surface area contributed by atoms with E-state index in [0.717, 1.165) is 54.8 Å². The zero-order valence-electron chi connectivity index (χ0n) is 20.8. The van der Waals surface area contributed by atoms with Gasteiger partial charge in [-0.2, -0.15) is 0 Å². The van der Waals surface area contributed by atoms with Crippen LogP contribution in [0.4, 0.5) is 0 Å². The van der Waals surface area contributed by atoms with Crippen LogP contribution in [0.3, 0.4) is 0 Å². The van der Waals surface area contributed by atoms with E-state index >= 15 is 0 Å². The molecule has 0 N–H and O–H groups in total. The average Bonchev–Trinajstić information content (AvgIpc) is 3.06. The van der Waals surface area contributed by atoms with Gasteiger partial charge in [0.25, 0.3) is 0 Å². The van der Waals surface area contributed by atoms with Crippen molar-refractivity contribution in [1.29, 1.82) is 0 Å². The second-order valence-corrected chi connectivity index (χ2v) is 12.7. The second-order valence-electron chi connectivity index (χ2n) is 12.7. The highest BCUT2D eigenvalue weighted by atomic mass is 16.1. The van der Waals surface area contributed by atoms with Crippen LogP contribution in [0.1, 0.15) is 112 Å². The number of Topliss-reactive ketones (excluding diaryl/α,β-unsaturated/α-hetero) is 1. The maximum Gasteiger partial charge on any atom is 0.133 e. The summed E-state index contributed by atoms with van der Waals surface area (Å²) in [6.07, 6.45) is 16.6. The van der Waals surface area contributed by atoms with Gasteiger partial charge in [0.15, 0.2) is 0 Å². The number of allylic oxidation sites excluding steroid dienone is 2. The molecule has 0 heterocycles. The van der Waals surface area contributed by atoms with Crippen LogP contribution in [-0.2, 0) is 4.79 Å². The first-order chi connectivity index (χ1) is 14.2. The van der Waals surface area contributed by atoms with E-state index in [2.05, 4.69) is 47.6 Å². The average molecular weight is 413 g/mol. The van der Waals surface area contributed by atoms with Crippen molar-refractivity contribution < 1.29 is 4.79 Å². The Kier molecular flexibility index (Phi) is 6.33. The molecule has 170 valence electrons. The van der Waals surface area contributed by atoms with E-state index in [1.165, 1.54) is 51.4 Å². The molecular formula is C29H48O. The van der Waals surface area contributed by atoms with Crippen molar-refractivity contribution in [3.05, 3.63) is 11.6 Å². The fraction of sp³-hybridized carbons (Fsp3) is 0.897. The lowest BCUT2D eigenvalue weighted by Crippen LogP contribution is -2.48. The van der Waals surface area contributed by atoms with Gasteiger partial charge in [0.05, 0.1) is 0 Å². The van der Waals surface area contributed by atoms with Crippen molar-refractivity contribution in [2.75, 3.05) is 0 Å². The van der Waals surface area contributed by atoms with E-state index in [9.17, 15) is 4.79 Å². The fourth-order valence-electron chi connectivity index (χ4n) is 8.98. The van der Waals surface area contributed by atoms with Crippen molar-refractivity contribution >= 4 is 5.78 Å². The topological polar surface area (TPSA) is 17.1 Å². The summed E-state index contributed by atoms with van der Waals surface area (Å²) in [5.41, 5.74) is 2.64. The van der Waals surface area contributed by atoms with E-state index in [1.807, 2.05) is 0 Å². The summed E-state index contributed by atoms with van der Waals surface area (Å²) in [7, 11) is 0. The van der Waals surface area contributed by atoms with Crippen molar-refractivity contribution in [3.8, 4) is 0 Å². The van der Waals surface area contributed by atoms with Crippen molar-refractivity contribution in [2.45, 2.75) is 112 Å². The fourth-order valence-corrected chi connectivity index (χ4v) is 8.98. The molecule has 4 rings (SSSR count). The minimum absolute atomic E-state index is 0.327. The number of carbonyl (C=O) groups is 1. The first-order valence-corrected chi connectivity index (χ1v) is 13.4.